The zero-order chi connectivity index (χ0) is 9.26. The SMILES string of the molecule is N#Cc1c(N)cnn1CC1COC1. The Morgan fingerprint density at radius 3 is 3.08 bits per heavy atom. The molecule has 1 aromatic heterocycles. The van der Waals surface area contributed by atoms with Crippen molar-refractivity contribution in [1.82, 2.24) is 9.78 Å². The van der Waals surface area contributed by atoms with E-state index >= 15 is 0 Å². The number of aromatic nitrogens is 2. The molecule has 1 fully saturated rings. The van der Waals surface area contributed by atoms with E-state index in [-0.39, 0.29) is 0 Å². The van der Waals surface area contributed by atoms with Crippen molar-refractivity contribution in [3.63, 3.8) is 0 Å². The second kappa shape index (κ2) is 3.07. The fourth-order valence-corrected chi connectivity index (χ4v) is 1.29. The van der Waals surface area contributed by atoms with Gasteiger partial charge in [0, 0.05) is 12.5 Å². The number of hydrogen-bond donors (Lipinski definition) is 1. The number of nitrogens with two attached hydrogens (primary N) is 1. The summed E-state index contributed by atoms with van der Waals surface area (Å²) >= 11 is 0. The molecule has 2 heterocycles. The van der Waals surface area contributed by atoms with Gasteiger partial charge >= 0.3 is 0 Å². The van der Waals surface area contributed by atoms with Gasteiger partial charge in [-0.3, -0.25) is 4.68 Å². The first-order valence-corrected chi connectivity index (χ1v) is 4.10. The van der Waals surface area contributed by atoms with E-state index in [9.17, 15) is 0 Å². The first-order valence-electron chi connectivity index (χ1n) is 4.10. The van der Waals surface area contributed by atoms with Gasteiger partial charge in [-0.25, -0.2) is 0 Å². The molecule has 0 atom stereocenters. The third kappa shape index (κ3) is 1.36. The minimum atomic E-state index is 0.447. The molecule has 0 unspecified atom stereocenters. The lowest BCUT2D eigenvalue weighted by Crippen LogP contribution is -2.32. The smallest absolute Gasteiger partial charge is 0.161 e. The fourth-order valence-electron chi connectivity index (χ4n) is 1.29. The Bertz CT molecular complexity index is 348. The lowest BCUT2D eigenvalue weighted by molar-refractivity contribution is -0.0409. The molecular formula is C8H10N4O. The number of nitrogens with zero attached hydrogens (tertiary/aromatic N) is 3. The van der Waals surface area contributed by atoms with Gasteiger partial charge in [-0.05, 0) is 0 Å². The molecule has 13 heavy (non-hydrogen) atoms. The Hall–Kier alpha value is -1.54. The van der Waals surface area contributed by atoms with Crippen LogP contribution in [0.15, 0.2) is 6.20 Å². The van der Waals surface area contributed by atoms with Crippen LogP contribution in [0.1, 0.15) is 5.69 Å². The van der Waals surface area contributed by atoms with Crippen LogP contribution in [0.25, 0.3) is 0 Å². The highest BCUT2D eigenvalue weighted by molar-refractivity contribution is 5.48. The van der Waals surface area contributed by atoms with E-state index < -0.39 is 0 Å². The molecular weight excluding hydrogens is 168 g/mol. The molecule has 0 aromatic carbocycles. The first kappa shape index (κ1) is 8.08. The van der Waals surface area contributed by atoms with Crippen LogP contribution in [0.4, 0.5) is 5.69 Å². The Balaban J connectivity index is 2.15. The van der Waals surface area contributed by atoms with E-state index in [1.165, 1.54) is 6.20 Å². The van der Waals surface area contributed by atoms with Crippen LogP contribution in [0.5, 0.6) is 0 Å². The zero-order valence-corrected chi connectivity index (χ0v) is 7.10. The average molecular weight is 178 g/mol. The molecule has 0 aliphatic carbocycles. The number of nitriles is 1. The molecule has 1 aliphatic rings. The molecule has 0 spiro atoms. The van der Waals surface area contributed by atoms with E-state index in [1.54, 1.807) is 4.68 Å². The maximum Gasteiger partial charge on any atom is 0.161 e. The molecule has 0 bridgehead atoms. The van der Waals surface area contributed by atoms with Gasteiger partial charge in [0.2, 0.25) is 0 Å². The van der Waals surface area contributed by atoms with Crippen LogP contribution in [0.3, 0.4) is 0 Å². The minimum absolute atomic E-state index is 0.447. The number of hydrogen-bond acceptors (Lipinski definition) is 4. The summed E-state index contributed by atoms with van der Waals surface area (Å²) in [4.78, 5) is 0. The predicted octanol–water partition coefficient (Wildman–Crippen LogP) is -0.0166. The highest BCUT2D eigenvalue weighted by Gasteiger charge is 2.20. The quantitative estimate of drug-likeness (QED) is 0.690. The van der Waals surface area contributed by atoms with Crippen molar-refractivity contribution in [2.75, 3.05) is 18.9 Å². The summed E-state index contributed by atoms with van der Waals surface area (Å²) in [6, 6.07) is 2.03. The molecule has 1 aliphatic heterocycles. The summed E-state index contributed by atoms with van der Waals surface area (Å²) in [7, 11) is 0. The van der Waals surface area contributed by atoms with Crippen LogP contribution < -0.4 is 5.73 Å². The molecule has 1 saturated heterocycles. The maximum absolute atomic E-state index is 8.77. The number of ether oxygens (including phenoxy) is 1. The van der Waals surface area contributed by atoms with E-state index in [0.29, 0.717) is 17.3 Å². The van der Waals surface area contributed by atoms with Crippen LogP contribution in [0, 0.1) is 17.2 Å². The monoisotopic (exact) mass is 178 g/mol. The van der Waals surface area contributed by atoms with E-state index in [0.717, 1.165) is 19.8 Å². The van der Waals surface area contributed by atoms with Gasteiger partial charge in [-0.15, -0.1) is 0 Å². The molecule has 1 aromatic rings. The Morgan fingerprint density at radius 2 is 2.54 bits per heavy atom. The van der Waals surface area contributed by atoms with E-state index in [4.69, 9.17) is 15.7 Å². The van der Waals surface area contributed by atoms with Crippen LogP contribution in [0.2, 0.25) is 0 Å². The summed E-state index contributed by atoms with van der Waals surface area (Å²) in [5, 5.41) is 12.8. The minimum Gasteiger partial charge on any atom is -0.395 e. The predicted molar refractivity (Wildman–Crippen MR) is 45.7 cm³/mol. The highest BCUT2D eigenvalue weighted by atomic mass is 16.5. The summed E-state index contributed by atoms with van der Waals surface area (Å²) in [5.41, 5.74) is 6.45. The van der Waals surface area contributed by atoms with Crippen molar-refractivity contribution in [3.8, 4) is 6.07 Å². The second-order valence-corrected chi connectivity index (χ2v) is 3.15. The van der Waals surface area contributed by atoms with Crippen molar-refractivity contribution in [3.05, 3.63) is 11.9 Å². The highest BCUT2D eigenvalue weighted by Crippen LogP contribution is 2.16. The van der Waals surface area contributed by atoms with Crippen molar-refractivity contribution in [2.45, 2.75) is 6.54 Å². The van der Waals surface area contributed by atoms with Gasteiger partial charge in [-0.2, -0.15) is 10.4 Å². The molecule has 0 saturated carbocycles. The molecule has 5 heteroatoms. The van der Waals surface area contributed by atoms with Gasteiger partial charge in [0.05, 0.1) is 25.1 Å². The van der Waals surface area contributed by atoms with Gasteiger partial charge in [-0.1, -0.05) is 0 Å². The maximum atomic E-state index is 8.77. The fraction of sp³-hybridized carbons (Fsp3) is 0.500. The summed E-state index contributed by atoms with van der Waals surface area (Å²) in [6.07, 6.45) is 1.51. The molecule has 68 valence electrons. The van der Waals surface area contributed by atoms with Crippen molar-refractivity contribution < 1.29 is 4.74 Å². The van der Waals surface area contributed by atoms with Crippen LogP contribution >= 0.6 is 0 Å². The summed E-state index contributed by atoms with van der Waals surface area (Å²) in [5.74, 6) is 0.478. The van der Waals surface area contributed by atoms with Crippen molar-refractivity contribution >= 4 is 5.69 Å². The normalized spacial score (nSPS) is 16.5. The van der Waals surface area contributed by atoms with Gasteiger partial charge in [0.15, 0.2) is 5.69 Å². The third-order valence-corrected chi connectivity index (χ3v) is 2.11. The molecule has 5 nitrogen and oxygen atoms in total. The van der Waals surface area contributed by atoms with E-state index in [1.807, 2.05) is 6.07 Å². The zero-order valence-electron chi connectivity index (χ0n) is 7.10. The molecule has 2 N–H and O–H groups in total. The number of anilines is 1. The number of rotatable bonds is 2. The van der Waals surface area contributed by atoms with Gasteiger partial charge in [0.25, 0.3) is 0 Å². The molecule has 2 rings (SSSR count). The third-order valence-electron chi connectivity index (χ3n) is 2.11. The Labute approximate surface area is 75.7 Å². The van der Waals surface area contributed by atoms with Gasteiger partial charge in [0.1, 0.15) is 6.07 Å². The lowest BCUT2D eigenvalue weighted by atomic mass is 10.1. The van der Waals surface area contributed by atoms with Crippen molar-refractivity contribution in [2.24, 2.45) is 5.92 Å². The van der Waals surface area contributed by atoms with Crippen LogP contribution in [-0.4, -0.2) is 23.0 Å². The lowest BCUT2D eigenvalue weighted by Gasteiger charge is -2.25. The molecule has 0 radical (unpaired) electrons. The molecule has 0 amide bonds. The Morgan fingerprint density at radius 1 is 1.77 bits per heavy atom. The Kier molecular flexibility index (Phi) is 1.91. The van der Waals surface area contributed by atoms with Crippen molar-refractivity contribution in [1.29, 1.82) is 5.26 Å². The topological polar surface area (TPSA) is 76.9 Å². The van der Waals surface area contributed by atoms with Crippen LogP contribution in [-0.2, 0) is 11.3 Å². The van der Waals surface area contributed by atoms with Gasteiger partial charge < -0.3 is 10.5 Å². The second-order valence-electron chi connectivity index (χ2n) is 3.15. The largest absolute Gasteiger partial charge is 0.395 e. The standard InChI is InChI=1S/C8H10N4O/c9-1-8-7(10)2-11-12(8)3-6-4-13-5-6/h2,6H,3-5,10H2. The summed E-state index contributed by atoms with van der Waals surface area (Å²) in [6.45, 7) is 2.23. The average Bonchev–Trinajstić information content (AvgIpc) is 2.39. The number of nitrogen functional groups attached to an aromatic ring is 1. The van der Waals surface area contributed by atoms with E-state index in [2.05, 4.69) is 5.10 Å². The summed E-state index contributed by atoms with van der Waals surface area (Å²) < 4.78 is 6.67. The first-order chi connectivity index (χ1) is 6.31.